The van der Waals surface area contributed by atoms with Gasteiger partial charge in [0.25, 0.3) is 10.0 Å². The van der Waals surface area contributed by atoms with Crippen LogP contribution in [0.25, 0.3) is 0 Å². The molecule has 0 fully saturated rings. The molecule has 5 nitrogen and oxygen atoms in total. The standard InChI is InChI=1S/C15H20N2O3S/c1-5-20-13-7-6-12(15(2,3)4)10-14(13)21(18,19)17-9-8-16-11-17/h6-11H,5H2,1-4H3. The van der Waals surface area contributed by atoms with Gasteiger partial charge in [0.2, 0.25) is 0 Å². The van der Waals surface area contributed by atoms with Crippen molar-refractivity contribution in [2.24, 2.45) is 0 Å². The van der Waals surface area contributed by atoms with E-state index in [-0.39, 0.29) is 10.3 Å². The number of nitrogens with zero attached hydrogens (tertiary/aromatic N) is 2. The van der Waals surface area contributed by atoms with Crippen LogP contribution in [0.1, 0.15) is 33.3 Å². The third kappa shape index (κ3) is 3.10. The first-order chi connectivity index (χ1) is 9.76. The molecule has 0 N–H and O–H groups in total. The minimum Gasteiger partial charge on any atom is -0.492 e. The number of ether oxygens (including phenoxy) is 1. The van der Waals surface area contributed by atoms with Gasteiger partial charge >= 0.3 is 0 Å². The molecule has 0 spiro atoms. The van der Waals surface area contributed by atoms with Crippen molar-refractivity contribution < 1.29 is 13.2 Å². The topological polar surface area (TPSA) is 61.2 Å². The van der Waals surface area contributed by atoms with Crippen molar-refractivity contribution in [1.82, 2.24) is 8.96 Å². The highest BCUT2D eigenvalue weighted by Crippen LogP contribution is 2.32. The Morgan fingerprint density at radius 1 is 1.29 bits per heavy atom. The van der Waals surface area contributed by atoms with Crippen molar-refractivity contribution in [2.75, 3.05) is 6.61 Å². The second kappa shape index (κ2) is 5.52. The Kier molecular flexibility index (Phi) is 4.09. The van der Waals surface area contributed by atoms with Crippen LogP contribution in [0.3, 0.4) is 0 Å². The fourth-order valence-corrected chi connectivity index (χ4v) is 3.23. The molecular formula is C15H20N2O3S. The van der Waals surface area contributed by atoms with E-state index in [1.54, 1.807) is 12.1 Å². The maximum absolute atomic E-state index is 12.7. The lowest BCUT2D eigenvalue weighted by Gasteiger charge is -2.21. The zero-order valence-corrected chi connectivity index (χ0v) is 13.5. The molecule has 0 aliphatic rings. The minimum absolute atomic E-state index is 0.149. The van der Waals surface area contributed by atoms with Crippen molar-refractivity contribution in [3.63, 3.8) is 0 Å². The van der Waals surface area contributed by atoms with Crippen LogP contribution < -0.4 is 4.74 Å². The van der Waals surface area contributed by atoms with Gasteiger partial charge in [-0.15, -0.1) is 0 Å². The number of imidazole rings is 1. The van der Waals surface area contributed by atoms with Gasteiger partial charge in [-0.25, -0.2) is 17.4 Å². The van der Waals surface area contributed by atoms with Gasteiger partial charge in [0.05, 0.1) is 6.61 Å². The molecule has 0 unspecified atom stereocenters. The van der Waals surface area contributed by atoms with Crippen LogP contribution in [0.4, 0.5) is 0 Å². The summed E-state index contributed by atoms with van der Waals surface area (Å²) in [6, 6.07) is 5.30. The molecule has 1 aromatic heterocycles. The Labute approximate surface area is 125 Å². The van der Waals surface area contributed by atoms with Crippen LogP contribution in [0.2, 0.25) is 0 Å². The van der Waals surface area contributed by atoms with Gasteiger partial charge in [-0.3, -0.25) is 0 Å². The lowest BCUT2D eigenvalue weighted by Crippen LogP contribution is -2.16. The lowest BCUT2D eigenvalue weighted by molar-refractivity contribution is 0.330. The summed E-state index contributed by atoms with van der Waals surface area (Å²) in [7, 11) is -3.70. The maximum atomic E-state index is 12.7. The molecule has 0 aliphatic heterocycles. The molecule has 0 saturated carbocycles. The van der Waals surface area contributed by atoms with E-state index in [2.05, 4.69) is 4.98 Å². The monoisotopic (exact) mass is 308 g/mol. The van der Waals surface area contributed by atoms with Crippen LogP contribution in [-0.4, -0.2) is 24.0 Å². The van der Waals surface area contributed by atoms with E-state index in [0.29, 0.717) is 12.4 Å². The molecule has 21 heavy (non-hydrogen) atoms. The van der Waals surface area contributed by atoms with E-state index < -0.39 is 10.0 Å². The molecular weight excluding hydrogens is 288 g/mol. The van der Waals surface area contributed by atoms with Gasteiger partial charge in [-0.1, -0.05) is 26.8 Å². The summed E-state index contributed by atoms with van der Waals surface area (Å²) in [5, 5.41) is 0. The Morgan fingerprint density at radius 3 is 2.52 bits per heavy atom. The van der Waals surface area contributed by atoms with Crippen LogP contribution in [0.15, 0.2) is 41.8 Å². The van der Waals surface area contributed by atoms with Gasteiger partial charge in [-0.2, -0.15) is 0 Å². The van der Waals surface area contributed by atoms with Gasteiger partial charge in [0.15, 0.2) is 0 Å². The van der Waals surface area contributed by atoms with E-state index in [4.69, 9.17) is 4.74 Å². The first-order valence-corrected chi connectivity index (χ1v) is 8.21. The zero-order valence-electron chi connectivity index (χ0n) is 12.7. The van der Waals surface area contributed by atoms with Crippen LogP contribution in [0.5, 0.6) is 5.75 Å². The second-order valence-electron chi connectivity index (χ2n) is 5.74. The number of rotatable bonds is 4. The molecule has 114 valence electrons. The summed E-state index contributed by atoms with van der Waals surface area (Å²) in [5.74, 6) is 0.360. The van der Waals surface area contributed by atoms with Crippen molar-refractivity contribution in [1.29, 1.82) is 0 Å². The highest BCUT2D eigenvalue weighted by atomic mass is 32.2. The van der Waals surface area contributed by atoms with Crippen molar-refractivity contribution in [3.8, 4) is 5.75 Å². The third-order valence-corrected chi connectivity index (χ3v) is 4.79. The summed E-state index contributed by atoms with van der Waals surface area (Å²) in [6.07, 6.45) is 4.12. The number of hydrogen-bond acceptors (Lipinski definition) is 4. The van der Waals surface area contributed by atoms with Gasteiger partial charge in [0.1, 0.15) is 17.0 Å². The maximum Gasteiger partial charge on any atom is 0.272 e. The number of benzene rings is 1. The lowest BCUT2D eigenvalue weighted by atomic mass is 9.87. The van der Waals surface area contributed by atoms with Gasteiger partial charge in [-0.05, 0) is 30.0 Å². The first-order valence-electron chi connectivity index (χ1n) is 6.77. The van der Waals surface area contributed by atoms with Crippen LogP contribution >= 0.6 is 0 Å². The van der Waals surface area contributed by atoms with Crippen molar-refractivity contribution in [3.05, 3.63) is 42.5 Å². The van der Waals surface area contributed by atoms with E-state index in [1.165, 1.54) is 18.7 Å². The summed E-state index contributed by atoms with van der Waals surface area (Å²) >= 11 is 0. The number of aromatic nitrogens is 2. The Hall–Kier alpha value is -1.82. The predicted octanol–water partition coefficient (Wildman–Crippen LogP) is 2.82. The molecule has 1 heterocycles. The SMILES string of the molecule is CCOc1ccc(C(C)(C)C)cc1S(=O)(=O)n1ccnc1. The molecule has 6 heteroatoms. The average molecular weight is 308 g/mol. The molecule has 0 atom stereocenters. The van der Waals surface area contributed by atoms with Crippen LogP contribution in [-0.2, 0) is 15.4 Å². The second-order valence-corrected chi connectivity index (χ2v) is 7.55. The highest BCUT2D eigenvalue weighted by Gasteiger charge is 2.24. The Bertz CT molecular complexity index is 714. The summed E-state index contributed by atoms with van der Waals surface area (Å²) in [5.41, 5.74) is 0.786. The number of hydrogen-bond donors (Lipinski definition) is 0. The summed E-state index contributed by atoms with van der Waals surface area (Å²) in [6.45, 7) is 8.34. The first kappa shape index (κ1) is 15.6. The van der Waals surface area contributed by atoms with Crippen molar-refractivity contribution >= 4 is 10.0 Å². The molecule has 2 aromatic rings. The largest absolute Gasteiger partial charge is 0.492 e. The average Bonchev–Trinajstić information content (AvgIpc) is 2.92. The predicted molar refractivity (Wildman–Crippen MR) is 81.1 cm³/mol. The normalized spacial score (nSPS) is 12.4. The molecule has 0 amide bonds. The van der Waals surface area contributed by atoms with Gasteiger partial charge < -0.3 is 4.74 Å². The van der Waals surface area contributed by atoms with Crippen LogP contribution in [0, 0.1) is 0 Å². The summed E-state index contributed by atoms with van der Waals surface area (Å²) < 4.78 is 32.0. The third-order valence-electron chi connectivity index (χ3n) is 3.15. The highest BCUT2D eigenvalue weighted by molar-refractivity contribution is 7.90. The molecule has 0 aliphatic carbocycles. The molecule has 0 saturated heterocycles. The molecule has 0 radical (unpaired) electrons. The smallest absolute Gasteiger partial charge is 0.272 e. The fraction of sp³-hybridized carbons (Fsp3) is 0.400. The van der Waals surface area contributed by atoms with E-state index in [0.717, 1.165) is 9.54 Å². The zero-order chi connectivity index (χ0) is 15.7. The summed E-state index contributed by atoms with van der Waals surface area (Å²) in [4.78, 5) is 3.97. The van der Waals surface area contributed by atoms with Crippen molar-refractivity contribution in [2.45, 2.75) is 38.0 Å². The molecule has 1 aromatic carbocycles. The minimum atomic E-state index is -3.70. The van der Waals surface area contributed by atoms with Gasteiger partial charge in [0, 0.05) is 12.4 Å². The fourth-order valence-electron chi connectivity index (χ4n) is 1.95. The van der Waals surface area contributed by atoms with E-state index in [9.17, 15) is 8.42 Å². The molecule has 2 rings (SSSR count). The molecule has 0 bridgehead atoms. The van der Waals surface area contributed by atoms with E-state index in [1.807, 2.05) is 33.8 Å². The quantitative estimate of drug-likeness (QED) is 0.871. The van der Waals surface area contributed by atoms with E-state index >= 15 is 0 Å². The Morgan fingerprint density at radius 2 is 2.00 bits per heavy atom. The Balaban J connectivity index is 2.64.